The monoisotopic (exact) mass is 450 g/mol. The van der Waals surface area contributed by atoms with Crippen LogP contribution in [0, 0.1) is 6.92 Å². The molecule has 4 aromatic carbocycles. The minimum atomic E-state index is -1.17. The van der Waals surface area contributed by atoms with Gasteiger partial charge in [0.2, 0.25) is 0 Å². The number of hydrogen-bond donors (Lipinski definition) is 1. The normalized spacial score (nSPS) is 14.2. The van der Waals surface area contributed by atoms with Crippen molar-refractivity contribution in [3.05, 3.63) is 120 Å². The summed E-state index contributed by atoms with van der Waals surface area (Å²) in [4.78, 5) is 6.09. The van der Waals surface area contributed by atoms with Gasteiger partial charge in [0.05, 0.1) is 11.0 Å². The topological polar surface area (TPSA) is 38.0 Å². The van der Waals surface area contributed by atoms with Gasteiger partial charge < -0.3 is 9.67 Å². The first-order valence-electron chi connectivity index (χ1n) is 11.1. The summed E-state index contributed by atoms with van der Waals surface area (Å²) in [6, 6.07) is 36.8. The number of aliphatic hydroxyl groups is 1. The summed E-state index contributed by atoms with van der Waals surface area (Å²) in [5.41, 5.74) is 3.80. The molecule has 164 valence electrons. The van der Waals surface area contributed by atoms with Crippen molar-refractivity contribution >= 4 is 22.8 Å². The van der Waals surface area contributed by atoms with E-state index in [1.165, 1.54) is 5.56 Å². The summed E-state index contributed by atoms with van der Waals surface area (Å²) < 4.78 is 2.20. The van der Waals surface area contributed by atoms with E-state index in [2.05, 4.69) is 54.0 Å². The average Bonchev–Trinajstić information content (AvgIpc) is 3.23. The lowest BCUT2D eigenvalue weighted by atomic mass is 9.94. The van der Waals surface area contributed by atoms with Crippen LogP contribution in [0.5, 0.6) is 0 Å². The molecule has 0 saturated heterocycles. The number of rotatable bonds is 6. The Morgan fingerprint density at radius 1 is 0.788 bits per heavy atom. The highest BCUT2D eigenvalue weighted by Crippen LogP contribution is 2.47. The molecular weight excluding hydrogens is 424 g/mol. The number of fused-ring (bicyclic) bond motifs is 1. The molecular formula is C29H26N2OS. The van der Waals surface area contributed by atoms with E-state index in [4.69, 9.17) is 4.98 Å². The van der Waals surface area contributed by atoms with E-state index >= 15 is 0 Å². The molecule has 1 heterocycles. The van der Waals surface area contributed by atoms with Gasteiger partial charge in [-0.05, 0) is 43.7 Å². The number of aromatic nitrogens is 2. The average molecular weight is 451 g/mol. The van der Waals surface area contributed by atoms with Crippen LogP contribution < -0.4 is 0 Å². The third-order valence-electron chi connectivity index (χ3n) is 5.97. The molecule has 0 fully saturated rings. The van der Waals surface area contributed by atoms with E-state index < -0.39 is 5.60 Å². The van der Waals surface area contributed by atoms with Gasteiger partial charge in [-0.15, -0.1) is 0 Å². The SMILES string of the molecule is Cc1ccc(C(C)(O)C(Sc2ccccc2)n2c(-c3ccccc3)nc3ccccc32)cc1. The fourth-order valence-corrected chi connectivity index (χ4v) is 5.41. The van der Waals surface area contributed by atoms with E-state index in [0.29, 0.717) is 0 Å². The standard InChI is InChI=1S/C29H26N2OS/c1-21-17-19-23(20-18-21)29(2,32)28(33-24-13-7-4-8-14-24)31-26-16-10-9-15-25(26)30-27(31)22-11-5-3-6-12-22/h3-20,28,32H,1-2H3. The first-order valence-corrected chi connectivity index (χ1v) is 12.0. The summed E-state index contributed by atoms with van der Waals surface area (Å²) in [6.45, 7) is 3.97. The van der Waals surface area contributed by atoms with Crippen LogP contribution in [0.15, 0.2) is 114 Å². The fraction of sp³-hybridized carbons (Fsp3) is 0.138. The maximum Gasteiger partial charge on any atom is 0.142 e. The molecule has 0 aliphatic rings. The van der Waals surface area contributed by atoms with Gasteiger partial charge in [-0.25, -0.2) is 4.98 Å². The maximum absolute atomic E-state index is 12.1. The quantitative estimate of drug-likeness (QED) is 0.278. The Morgan fingerprint density at radius 3 is 2.09 bits per heavy atom. The molecule has 5 aromatic rings. The van der Waals surface area contributed by atoms with Crippen molar-refractivity contribution in [2.45, 2.75) is 29.7 Å². The van der Waals surface area contributed by atoms with Gasteiger partial charge in [0, 0.05) is 10.5 Å². The predicted molar refractivity (Wildman–Crippen MR) is 137 cm³/mol. The zero-order valence-electron chi connectivity index (χ0n) is 18.7. The van der Waals surface area contributed by atoms with Crippen molar-refractivity contribution in [3.8, 4) is 11.4 Å². The van der Waals surface area contributed by atoms with Crippen LogP contribution in [0.3, 0.4) is 0 Å². The molecule has 2 atom stereocenters. The largest absolute Gasteiger partial charge is 0.382 e. The number of para-hydroxylation sites is 2. The molecule has 0 radical (unpaired) electrons. The Labute approximate surface area is 198 Å². The Kier molecular flexibility index (Phi) is 5.79. The lowest BCUT2D eigenvalue weighted by Gasteiger charge is -2.35. The number of thioether (sulfide) groups is 1. The first kappa shape index (κ1) is 21.5. The molecule has 4 heteroatoms. The molecule has 0 saturated carbocycles. The van der Waals surface area contributed by atoms with Gasteiger partial charge in [0.1, 0.15) is 16.8 Å². The van der Waals surface area contributed by atoms with E-state index in [1.807, 2.05) is 73.7 Å². The summed E-state index contributed by atoms with van der Waals surface area (Å²) in [5.74, 6) is 0.845. The third kappa shape index (κ3) is 4.20. The molecule has 1 aromatic heterocycles. The van der Waals surface area contributed by atoms with Crippen LogP contribution in [0.25, 0.3) is 22.4 Å². The lowest BCUT2D eigenvalue weighted by Crippen LogP contribution is -2.32. The number of benzene rings is 4. The second-order valence-corrected chi connectivity index (χ2v) is 9.61. The van der Waals surface area contributed by atoms with Gasteiger partial charge in [0.25, 0.3) is 0 Å². The summed E-state index contributed by atoms with van der Waals surface area (Å²) in [7, 11) is 0. The van der Waals surface area contributed by atoms with Crippen LogP contribution in [0.1, 0.15) is 23.4 Å². The van der Waals surface area contributed by atoms with Gasteiger partial charge >= 0.3 is 0 Å². The van der Waals surface area contributed by atoms with Crippen molar-refractivity contribution in [2.24, 2.45) is 0 Å². The number of imidazole rings is 1. The van der Waals surface area contributed by atoms with Crippen molar-refractivity contribution in [1.82, 2.24) is 9.55 Å². The van der Waals surface area contributed by atoms with Crippen LogP contribution >= 0.6 is 11.8 Å². The minimum absolute atomic E-state index is 0.356. The molecule has 5 rings (SSSR count). The molecule has 0 aliphatic carbocycles. The number of nitrogens with zero attached hydrogens (tertiary/aromatic N) is 2. The van der Waals surface area contributed by atoms with Crippen molar-refractivity contribution in [1.29, 1.82) is 0 Å². The van der Waals surface area contributed by atoms with Crippen molar-refractivity contribution < 1.29 is 5.11 Å². The van der Waals surface area contributed by atoms with Crippen LogP contribution in [-0.2, 0) is 5.60 Å². The van der Waals surface area contributed by atoms with Crippen LogP contribution in [-0.4, -0.2) is 14.7 Å². The Hall–Kier alpha value is -3.34. The van der Waals surface area contributed by atoms with Crippen molar-refractivity contribution in [2.75, 3.05) is 0 Å². The predicted octanol–water partition coefficient (Wildman–Crippen LogP) is 7.21. The van der Waals surface area contributed by atoms with Crippen molar-refractivity contribution in [3.63, 3.8) is 0 Å². The summed E-state index contributed by atoms with van der Waals surface area (Å²) >= 11 is 1.65. The third-order valence-corrected chi connectivity index (χ3v) is 7.41. The van der Waals surface area contributed by atoms with Crippen LogP contribution in [0.4, 0.5) is 0 Å². The lowest BCUT2D eigenvalue weighted by molar-refractivity contribution is 0.0358. The second-order valence-electron chi connectivity index (χ2n) is 8.46. The fourth-order valence-electron chi connectivity index (χ4n) is 4.15. The Balaban J connectivity index is 1.76. The van der Waals surface area contributed by atoms with E-state index in [-0.39, 0.29) is 5.37 Å². The van der Waals surface area contributed by atoms with E-state index in [1.54, 1.807) is 11.8 Å². The molecule has 0 amide bonds. The van der Waals surface area contributed by atoms with Gasteiger partial charge in [-0.3, -0.25) is 0 Å². The smallest absolute Gasteiger partial charge is 0.142 e. The summed E-state index contributed by atoms with van der Waals surface area (Å²) in [6.07, 6.45) is 0. The van der Waals surface area contributed by atoms with Gasteiger partial charge in [0.15, 0.2) is 0 Å². The zero-order chi connectivity index (χ0) is 22.8. The number of aryl methyl sites for hydroxylation is 1. The molecule has 0 spiro atoms. The Morgan fingerprint density at radius 2 is 1.39 bits per heavy atom. The first-order chi connectivity index (χ1) is 16.0. The Bertz CT molecular complexity index is 1360. The second kappa shape index (κ2) is 8.89. The molecule has 33 heavy (non-hydrogen) atoms. The highest BCUT2D eigenvalue weighted by molar-refractivity contribution is 7.99. The molecule has 3 nitrogen and oxygen atoms in total. The molecule has 0 aliphatic heterocycles. The zero-order valence-corrected chi connectivity index (χ0v) is 19.5. The summed E-state index contributed by atoms with van der Waals surface area (Å²) in [5, 5.41) is 11.8. The van der Waals surface area contributed by atoms with Gasteiger partial charge in [-0.2, -0.15) is 0 Å². The van der Waals surface area contributed by atoms with Gasteiger partial charge in [-0.1, -0.05) is 102 Å². The number of hydrogen-bond acceptors (Lipinski definition) is 3. The van der Waals surface area contributed by atoms with Crippen LogP contribution in [0.2, 0.25) is 0 Å². The molecule has 1 N–H and O–H groups in total. The molecule has 2 unspecified atom stereocenters. The minimum Gasteiger partial charge on any atom is -0.382 e. The maximum atomic E-state index is 12.1. The molecule has 0 bridgehead atoms. The highest BCUT2D eigenvalue weighted by atomic mass is 32.2. The van der Waals surface area contributed by atoms with E-state index in [0.717, 1.165) is 32.9 Å². The van der Waals surface area contributed by atoms with E-state index in [9.17, 15) is 5.11 Å². The highest BCUT2D eigenvalue weighted by Gasteiger charge is 2.38.